The molecule has 0 saturated carbocycles. The zero-order valence-electron chi connectivity index (χ0n) is 14.0. The molecule has 4 rings (SSSR count). The van der Waals surface area contributed by atoms with Gasteiger partial charge in [-0.15, -0.1) is 10.2 Å². The van der Waals surface area contributed by atoms with Crippen molar-refractivity contribution < 1.29 is 13.9 Å². The van der Waals surface area contributed by atoms with E-state index in [9.17, 15) is 4.79 Å². The topological polar surface area (TPSA) is 68.5 Å². The highest BCUT2D eigenvalue weighted by Crippen LogP contribution is 2.38. The Morgan fingerprint density at radius 3 is 2.92 bits per heavy atom. The first kappa shape index (κ1) is 15.3. The lowest BCUT2D eigenvalue weighted by atomic mass is 9.89. The quantitative estimate of drug-likeness (QED) is 0.863. The Balaban J connectivity index is 1.47. The molecule has 0 bridgehead atoms. The number of hydrogen-bond donors (Lipinski definition) is 0. The molecule has 0 N–H and O–H groups in total. The molecular weight excluding hydrogens is 306 g/mol. The predicted molar refractivity (Wildman–Crippen MR) is 87.0 cm³/mol. The SMILES string of the molecule is CC(C)c1nnc(CN2CCC3(CC(=O)c4ccccc4O3)C2)o1. The number of nitrogens with zero attached hydrogens (tertiary/aromatic N) is 3. The second-order valence-corrected chi connectivity index (χ2v) is 7.03. The lowest BCUT2D eigenvalue weighted by Gasteiger charge is -2.34. The standard InChI is InChI=1S/C18H21N3O3/c1-12(2)17-20-19-16(23-17)10-21-8-7-18(11-21)9-14(22)13-5-3-4-6-15(13)24-18/h3-6,12H,7-11H2,1-2H3. The molecule has 6 heteroatoms. The van der Waals surface area contributed by atoms with E-state index in [-0.39, 0.29) is 11.7 Å². The Morgan fingerprint density at radius 2 is 2.12 bits per heavy atom. The first-order valence-electron chi connectivity index (χ1n) is 8.41. The van der Waals surface area contributed by atoms with Crippen molar-refractivity contribution in [2.75, 3.05) is 13.1 Å². The van der Waals surface area contributed by atoms with Crippen LogP contribution in [0.3, 0.4) is 0 Å². The molecule has 1 spiro atoms. The number of benzene rings is 1. The molecule has 3 heterocycles. The van der Waals surface area contributed by atoms with Crippen molar-refractivity contribution in [3.8, 4) is 5.75 Å². The Kier molecular flexibility index (Phi) is 3.64. The van der Waals surface area contributed by atoms with Gasteiger partial charge >= 0.3 is 0 Å². The first-order chi connectivity index (χ1) is 11.5. The monoisotopic (exact) mass is 327 g/mol. The summed E-state index contributed by atoms with van der Waals surface area (Å²) in [6, 6.07) is 7.50. The maximum Gasteiger partial charge on any atom is 0.230 e. The molecule has 1 saturated heterocycles. The predicted octanol–water partition coefficient (Wildman–Crippen LogP) is 2.80. The van der Waals surface area contributed by atoms with Gasteiger partial charge in [0.05, 0.1) is 18.5 Å². The largest absolute Gasteiger partial charge is 0.485 e. The minimum absolute atomic E-state index is 0.165. The van der Waals surface area contributed by atoms with E-state index >= 15 is 0 Å². The van der Waals surface area contributed by atoms with Crippen LogP contribution in [0.2, 0.25) is 0 Å². The minimum Gasteiger partial charge on any atom is -0.485 e. The normalized spacial score (nSPS) is 23.7. The summed E-state index contributed by atoms with van der Waals surface area (Å²) in [7, 11) is 0. The average molecular weight is 327 g/mol. The van der Waals surface area contributed by atoms with Crippen molar-refractivity contribution in [1.29, 1.82) is 0 Å². The van der Waals surface area contributed by atoms with E-state index in [0.717, 1.165) is 13.0 Å². The number of ether oxygens (including phenoxy) is 1. The van der Waals surface area contributed by atoms with Gasteiger partial charge in [-0.3, -0.25) is 9.69 Å². The Hall–Kier alpha value is -2.21. The molecule has 1 aromatic heterocycles. The molecule has 1 aromatic carbocycles. The van der Waals surface area contributed by atoms with Crippen LogP contribution in [0.15, 0.2) is 28.7 Å². The van der Waals surface area contributed by atoms with Crippen LogP contribution >= 0.6 is 0 Å². The van der Waals surface area contributed by atoms with E-state index in [1.165, 1.54) is 0 Å². The van der Waals surface area contributed by atoms with Gasteiger partial charge in [-0.1, -0.05) is 26.0 Å². The average Bonchev–Trinajstić information content (AvgIpc) is 3.16. The summed E-state index contributed by atoms with van der Waals surface area (Å²) < 4.78 is 11.9. The van der Waals surface area contributed by atoms with E-state index in [1.54, 1.807) is 0 Å². The van der Waals surface area contributed by atoms with Crippen LogP contribution in [0.4, 0.5) is 0 Å². The van der Waals surface area contributed by atoms with Crippen molar-refractivity contribution in [3.05, 3.63) is 41.6 Å². The summed E-state index contributed by atoms with van der Waals surface area (Å²) in [5.41, 5.74) is 0.270. The van der Waals surface area contributed by atoms with Crippen molar-refractivity contribution >= 4 is 5.78 Å². The molecule has 126 valence electrons. The third-order valence-electron chi connectivity index (χ3n) is 4.73. The lowest BCUT2D eigenvalue weighted by molar-refractivity contribution is 0.0450. The molecule has 1 unspecified atom stereocenters. The summed E-state index contributed by atoms with van der Waals surface area (Å²) in [5.74, 6) is 2.39. The highest BCUT2D eigenvalue weighted by Gasteiger charge is 2.45. The number of rotatable bonds is 3. The summed E-state index contributed by atoms with van der Waals surface area (Å²) in [6.45, 7) is 6.21. The van der Waals surface area contributed by atoms with Crippen LogP contribution in [-0.2, 0) is 6.54 Å². The highest BCUT2D eigenvalue weighted by atomic mass is 16.5. The van der Waals surface area contributed by atoms with Crippen LogP contribution in [0.1, 0.15) is 54.7 Å². The van der Waals surface area contributed by atoms with Crippen molar-refractivity contribution in [1.82, 2.24) is 15.1 Å². The Morgan fingerprint density at radius 1 is 1.29 bits per heavy atom. The number of fused-ring (bicyclic) bond motifs is 1. The molecule has 1 atom stereocenters. The molecule has 2 aliphatic rings. The maximum atomic E-state index is 12.5. The molecule has 2 aliphatic heterocycles. The fourth-order valence-corrected chi connectivity index (χ4v) is 3.49. The fraction of sp³-hybridized carbons (Fsp3) is 0.500. The van der Waals surface area contributed by atoms with Crippen LogP contribution in [-0.4, -0.2) is 39.6 Å². The van der Waals surface area contributed by atoms with Gasteiger partial charge < -0.3 is 9.15 Å². The molecule has 24 heavy (non-hydrogen) atoms. The third kappa shape index (κ3) is 2.71. The summed E-state index contributed by atoms with van der Waals surface area (Å²) in [5, 5.41) is 8.19. The summed E-state index contributed by atoms with van der Waals surface area (Å²) >= 11 is 0. The van der Waals surface area contributed by atoms with Gasteiger partial charge in [0.2, 0.25) is 11.8 Å². The molecule has 1 fully saturated rings. The zero-order chi connectivity index (χ0) is 16.7. The van der Waals surface area contributed by atoms with Gasteiger partial charge in [-0.2, -0.15) is 0 Å². The number of hydrogen-bond acceptors (Lipinski definition) is 6. The van der Waals surface area contributed by atoms with Gasteiger partial charge in [0.25, 0.3) is 0 Å². The number of para-hydroxylation sites is 1. The second-order valence-electron chi connectivity index (χ2n) is 7.03. The summed E-state index contributed by atoms with van der Waals surface area (Å²) in [4.78, 5) is 14.7. The molecule has 0 amide bonds. The Labute approximate surface area is 140 Å². The zero-order valence-corrected chi connectivity index (χ0v) is 14.0. The van der Waals surface area contributed by atoms with Gasteiger partial charge in [-0.25, -0.2) is 0 Å². The van der Waals surface area contributed by atoms with Crippen LogP contribution in [0, 0.1) is 0 Å². The number of carbonyl (C=O) groups excluding carboxylic acids is 1. The van der Waals surface area contributed by atoms with Crippen LogP contribution < -0.4 is 4.74 Å². The van der Waals surface area contributed by atoms with E-state index < -0.39 is 5.60 Å². The lowest BCUT2D eigenvalue weighted by Crippen LogP contribution is -2.44. The van der Waals surface area contributed by atoms with Gasteiger partial charge in [0.1, 0.15) is 11.4 Å². The Bertz CT molecular complexity index is 770. The number of Topliss-reactive ketones (excluding diaryl/α,β-unsaturated/α-hetero) is 1. The third-order valence-corrected chi connectivity index (χ3v) is 4.73. The van der Waals surface area contributed by atoms with Gasteiger partial charge in [0.15, 0.2) is 5.78 Å². The van der Waals surface area contributed by atoms with E-state index in [1.807, 2.05) is 38.1 Å². The number of likely N-dealkylation sites (tertiary alicyclic amines) is 1. The molecule has 0 aliphatic carbocycles. The van der Waals surface area contributed by atoms with Gasteiger partial charge in [0, 0.05) is 25.4 Å². The molecule has 2 aromatic rings. The first-order valence-corrected chi connectivity index (χ1v) is 8.41. The maximum absolute atomic E-state index is 12.5. The fourth-order valence-electron chi connectivity index (χ4n) is 3.49. The highest BCUT2D eigenvalue weighted by molar-refractivity contribution is 6.00. The van der Waals surface area contributed by atoms with E-state index in [2.05, 4.69) is 15.1 Å². The van der Waals surface area contributed by atoms with Crippen molar-refractivity contribution in [3.63, 3.8) is 0 Å². The van der Waals surface area contributed by atoms with E-state index in [0.29, 0.717) is 42.6 Å². The van der Waals surface area contributed by atoms with Gasteiger partial charge in [-0.05, 0) is 12.1 Å². The molecular formula is C18H21N3O3. The van der Waals surface area contributed by atoms with E-state index in [4.69, 9.17) is 9.15 Å². The van der Waals surface area contributed by atoms with Crippen molar-refractivity contribution in [2.24, 2.45) is 0 Å². The van der Waals surface area contributed by atoms with Crippen LogP contribution in [0.5, 0.6) is 5.75 Å². The number of aromatic nitrogens is 2. The summed E-state index contributed by atoms with van der Waals surface area (Å²) in [6.07, 6.45) is 1.26. The minimum atomic E-state index is -0.424. The van der Waals surface area contributed by atoms with Crippen LogP contribution in [0.25, 0.3) is 0 Å². The number of carbonyl (C=O) groups is 1. The molecule has 6 nitrogen and oxygen atoms in total. The smallest absolute Gasteiger partial charge is 0.230 e. The number of ketones is 1. The van der Waals surface area contributed by atoms with Crippen molar-refractivity contribution in [2.45, 2.75) is 44.8 Å². The molecule has 0 radical (unpaired) electrons. The second kappa shape index (κ2) is 5.70.